The van der Waals surface area contributed by atoms with E-state index in [-0.39, 0.29) is 6.10 Å². The number of anilines is 1. The highest BCUT2D eigenvalue weighted by molar-refractivity contribution is 6.33. The van der Waals surface area contributed by atoms with E-state index in [1.54, 1.807) is 6.92 Å². The van der Waals surface area contributed by atoms with Gasteiger partial charge in [-0.15, -0.1) is 0 Å². The Morgan fingerprint density at radius 3 is 2.86 bits per heavy atom. The lowest BCUT2D eigenvalue weighted by molar-refractivity contribution is 0.189. The summed E-state index contributed by atoms with van der Waals surface area (Å²) in [6.45, 7) is 4.54. The third-order valence-electron chi connectivity index (χ3n) is 2.00. The minimum atomic E-state index is -0.272. The second-order valence-corrected chi connectivity index (χ2v) is 3.95. The molecule has 0 heterocycles. The summed E-state index contributed by atoms with van der Waals surface area (Å²) in [6.07, 6.45) is 0.454. The van der Waals surface area contributed by atoms with Gasteiger partial charge < -0.3 is 10.4 Å². The molecule has 0 aliphatic heterocycles. The molecule has 0 amide bonds. The molecule has 0 fully saturated rings. The predicted molar refractivity (Wildman–Crippen MR) is 61.0 cm³/mol. The summed E-state index contributed by atoms with van der Waals surface area (Å²) in [5, 5.41) is 13.0. The standard InChI is InChI=1S/C11H16ClNO/c1-8-3-4-10(12)11(7-8)13-6-5-9(2)14/h3-4,7,9,13-14H,5-6H2,1-2H3. The van der Waals surface area contributed by atoms with Crippen LogP contribution in [0, 0.1) is 6.92 Å². The number of aliphatic hydroxyl groups is 1. The van der Waals surface area contributed by atoms with E-state index in [1.807, 2.05) is 25.1 Å². The van der Waals surface area contributed by atoms with Crippen molar-refractivity contribution < 1.29 is 5.11 Å². The first-order valence-electron chi connectivity index (χ1n) is 4.77. The number of halogens is 1. The zero-order chi connectivity index (χ0) is 10.6. The lowest BCUT2D eigenvalue weighted by Crippen LogP contribution is -2.09. The molecule has 1 aromatic rings. The molecule has 0 bridgehead atoms. The number of aliphatic hydroxyl groups excluding tert-OH is 1. The van der Waals surface area contributed by atoms with Gasteiger partial charge in [-0.25, -0.2) is 0 Å². The first-order chi connectivity index (χ1) is 6.59. The number of hydrogen-bond acceptors (Lipinski definition) is 2. The van der Waals surface area contributed by atoms with Crippen LogP contribution in [0.2, 0.25) is 5.02 Å². The van der Waals surface area contributed by atoms with Crippen LogP contribution in [0.25, 0.3) is 0 Å². The third kappa shape index (κ3) is 3.56. The fourth-order valence-electron chi connectivity index (χ4n) is 1.19. The van der Waals surface area contributed by atoms with Crippen LogP contribution in [0.5, 0.6) is 0 Å². The van der Waals surface area contributed by atoms with Crippen LogP contribution in [0.15, 0.2) is 18.2 Å². The Balaban J connectivity index is 2.53. The normalized spacial score (nSPS) is 12.6. The molecule has 1 rings (SSSR count). The number of aryl methyl sites for hydroxylation is 1. The van der Waals surface area contributed by atoms with Crippen LogP contribution in [-0.4, -0.2) is 17.8 Å². The van der Waals surface area contributed by atoms with Gasteiger partial charge in [-0.3, -0.25) is 0 Å². The summed E-state index contributed by atoms with van der Waals surface area (Å²) >= 11 is 5.99. The fourth-order valence-corrected chi connectivity index (χ4v) is 1.37. The molecule has 14 heavy (non-hydrogen) atoms. The van der Waals surface area contributed by atoms with Gasteiger partial charge in [-0.2, -0.15) is 0 Å². The smallest absolute Gasteiger partial charge is 0.0637 e. The topological polar surface area (TPSA) is 32.3 Å². The van der Waals surface area contributed by atoms with E-state index in [0.29, 0.717) is 0 Å². The van der Waals surface area contributed by atoms with Crippen LogP contribution in [0.4, 0.5) is 5.69 Å². The lowest BCUT2D eigenvalue weighted by atomic mass is 10.2. The zero-order valence-electron chi connectivity index (χ0n) is 8.55. The van der Waals surface area contributed by atoms with Gasteiger partial charge in [0, 0.05) is 6.54 Å². The summed E-state index contributed by atoms with van der Waals surface area (Å²) in [5.41, 5.74) is 2.11. The van der Waals surface area contributed by atoms with Crippen molar-refractivity contribution in [2.75, 3.05) is 11.9 Å². The van der Waals surface area contributed by atoms with Crippen molar-refractivity contribution in [3.05, 3.63) is 28.8 Å². The minimum absolute atomic E-state index is 0.272. The molecule has 0 aromatic heterocycles. The number of hydrogen-bond donors (Lipinski definition) is 2. The molecule has 0 saturated carbocycles. The number of nitrogens with one attached hydrogen (secondary N) is 1. The summed E-state index contributed by atoms with van der Waals surface area (Å²) in [5.74, 6) is 0. The van der Waals surface area contributed by atoms with Crippen LogP contribution in [0.3, 0.4) is 0 Å². The van der Waals surface area contributed by atoms with E-state index >= 15 is 0 Å². The van der Waals surface area contributed by atoms with Gasteiger partial charge in [0.1, 0.15) is 0 Å². The van der Waals surface area contributed by atoms with Gasteiger partial charge in [-0.05, 0) is 38.0 Å². The van der Waals surface area contributed by atoms with E-state index in [0.717, 1.165) is 23.7 Å². The fraction of sp³-hybridized carbons (Fsp3) is 0.455. The highest BCUT2D eigenvalue weighted by Crippen LogP contribution is 2.22. The zero-order valence-corrected chi connectivity index (χ0v) is 9.30. The molecular weight excluding hydrogens is 198 g/mol. The summed E-state index contributed by atoms with van der Waals surface area (Å²) in [4.78, 5) is 0. The average Bonchev–Trinajstić information content (AvgIpc) is 2.10. The van der Waals surface area contributed by atoms with E-state index < -0.39 is 0 Å². The molecule has 1 aromatic carbocycles. The van der Waals surface area contributed by atoms with Crippen LogP contribution < -0.4 is 5.32 Å². The van der Waals surface area contributed by atoms with E-state index in [2.05, 4.69) is 5.32 Å². The van der Waals surface area contributed by atoms with Crippen LogP contribution in [-0.2, 0) is 0 Å². The summed E-state index contributed by atoms with van der Waals surface area (Å²) < 4.78 is 0. The average molecular weight is 214 g/mol. The summed E-state index contributed by atoms with van der Waals surface area (Å²) in [6, 6.07) is 5.86. The molecule has 0 radical (unpaired) electrons. The summed E-state index contributed by atoms with van der Waals surface area (Å²) in [7, 11) is 0. The quantitative estimate of drug-likeness (QED) is 0.806. The Labute approximate surface area is 89.9 Å². The van der Waals surface area contributed by atoms with Crippen molar-refractivity contribution in [2.24, 2.45) is 0 Å². The Hall–Kier alpha value is -0.730. The molecular formula is C11H16ClNO. The van der Waals surface area contributed by atoms with Crippen LogP contribution in [0.1, 0.15) is 18.9 Å². The van der Waals surface area contributed by atoms with Crippen molar-refractivity contribution in [2.45, 2.75) is 26.4 Å². The molecule has 3 heteroatoms. The van der Waals surface area contributed by atoms with Crippen molar-refractivity contribution in [1.29, 1.82) is 0 Å². The van der Waals surface area contributed by atoms with Gasteiger partial charge in [0.05, 0.1) is 16.8 Å². The predicted octanol–water partition coefficient (Wildman–Crippen LogP) is 2.83. The van der Waals surface area contributed by atoms with Gasteiger partial charge >= 0.3 is 0 Å². The van der Waals surface area contributed by atoms with Crippen molar-refractivity contribution >= 4 is 17.3 Å². The number of rotatable bonds is 4. The third-order valence-corrected chi connectivity index (χ3v) is 2.33. The number of benzene rings is 1. The highest BCUT2D eigenvalue weighted by Gasteiger charge is 2.00. The molecule has 0 aliphatic rings. The Bertz CT molecular complexity index is 299. The first-order valence-corrected chi connectivity index (χ1v) is 5.15. The largest absolute Gasteiger partial charge is 0.393 e. The minimum Gasteiger partial charge on any atom is -0.393 e. The Morgan fingerprint density at radius 2 is 2.21 bits per heavy atom. The van der Waals surface area contributed by atoms with Gasteiger partial charge in [-0.1, -0.05) is 17.7 Å². The van der Waals surface area contributed by atoms with Crippen molar-refractivity contribution in [3.8, 4) is 0 Å². The van der Waals surface area contributed by atoms with Gasteiger partial charge in [0.15, 0.2) is 0 Å². The molecule has 0 saturated heterocycles. The first kappa shape index (κ1) is 11.3. The molecule has 0 spiro atoms. The molecule has 0 aliphatic carbocycles. The Morgan fingerprint density at radius 1 is 1.50 bits per heavy atom. The SMILES string of the molecule is Cc1ccc(Cl)c(NCCC(C)O)c1. The highest BCUT2D eigenvalue weighted by atomic mass is 35.5. The van der Waals surface area contributed by atoms with E-state index in [4.69, 9.17) is 16.7 Å². The van der Waals surface area contributed by atoms with Crippen molar-refractivity contribution in [3.63, 3.8) is 0 Å². The second-order valence-electron chi connectivity index (χ2n) is 3.55. The van der Waals surface area contributed by atoms with E-state index in [9.17, 15) is 0 Å². The van der Waals surface area contributed by atoms with Crippen molar-refractivity contribution in [1.82, 2.24) is 0 Å². The molecule has 1 unspecified atom stereocenters. The van der Waals surface area contributed by atoms with Gasteiger partial charge in [0.2, 0.25) is 0 Å². The monoisotopic (exact) mass is 213 g/mol. The molecule has 78 valence electrons. The second kappa shape index (κ2) is 5.23. The van der Waals surface area contributed by atoms with Crippen LogP contribution >= 0.6 is 11.6 Å². The van der Waals surface area contributed by atoms with E-state index in [1.165, 1.54) is 5.56 Å². The van der Waals surface area contributed by atoms with Gasteiger partial charge in [0.25, 0.3) is 0 Å². The molecule has 2 N–H and O–H groups in total. The maximum atomic E-state index is 9.08. The molecule has 2 nitrogen and oxygen atoms in total. The Kier molecular flexibility index (Phi) is 4.23. The lowest BCUT2D eigenvalue weighted by Gasteiger charge is -2.10. The maximum absolute atomic E-state index is 9.08. The molecule has 1 atom stereocenters. The maximum Gasteiger partial charge on any atom is 0.0637 e.